The zero-order valence-electron chi connectivity index (χ0n) is 10.0. The van der Waals surface area contributed by atoms with E-state index >= 15 is 0 Å². The molecule has 2 heterocycles. The number of hydrogen-bond donors (Lipinski definition) is 1. The molecule has 100 valence electrons. The first-order valence-electron chi connectivity index (χ1n) is 5.64. The predicted octanol–water partition coefficient (Wildman–Crippen LogP) is 0.726. The van der Waals surface area contributed by atoms with Crippen LogP contribution in [0.5, 0.6) is 0 Å². The average molecular weight is 291 g/mol. The SMILES string of the molecule is CC1CCN(c2ncnc(N)c2Cl)CCS1(=O)=O. The fourth-order valence-electron chi connectivity index (χ4n) is 1.87. The van der Waals surface area contributed by atoms with Gasteiger partial charge in [0.15, 0.2) is 15.7 Å². The zero-order chi connectivity index (χ0) is 13.3. The van der Waals surface area contributed by atoms with Gasteiger partial charge in [-0.1, -0.05) is 11.6 Å². The van der Waals surface area contributed by atoms with Crippen molar-refractivity contribution in [2.75, 3.05) is 29.5 Å². The summed E-state index contributed by atoms with van der Waals surface area (Å²) in [6.45, 7) is 2.70. The molecule has 0 bridgehead atoms. The van der Waals surface area contributed by atoms with E-state index in [2.05, 4.69) is 9.97 Å². The quantitative estimate of drug-likeness (QED) is 0.820. The lowest BCUT2D eigenvalue weighted by Crippen LogP contribution is -2.28. The summed E-state index contributed by atoms with van der Waals surface area (Å²) in [6.07, 6.45) is 1.89. The van der Waals surface area contributed by atoms with Crippen LogP contribution in [0.3, 0.4) is 0 Å². The Morgan fingerprint density at radius 3 is 2.89 bits per heavy atom. The van der Waals surface area contributed by atoms with Crippen LogP contribution in [-0.2, 0) is 9.84 Å². The van der Waals surface area contributed by atoms with Gasteiger partial charge in [-0.3, -0.25) is 0 Å². The van der Waals surface area contributed by atoms with E-state index in [1.54, 1.807) is 6.92 Å². The minimum Gasteiger partial charge on any atom is -0.382 e. The number of nitrogens with two attached hydrogens (primary N) is 1. The largest absolute Gasteiger partial charge is 0.382 e. The number of rotatable bonds is 1. The van der Waals surface area contributed by atoms with Crippen molar-refractivity contribution in [1.29, 1.82) is 0 Å². The summed E-state index contributed by atoms with van der Waals surface area (Å²) in [4.78, 5) is 9.72. The summed E-state index contributed by atoms with van der Waals surface area (Å²) in [7, 11) is -3.02. The van der Waals surface area contributed by atoms with Crippen molar-refractivity contribution in [3.8, 4) is 0 Å². The van der Waals surface area contributed by atoms with Crippen molar-refractivity contribution in [3.63, 3.8) is 0 Å². The van der Waals surface area contributed by atoms with Crippen molar-refractivity contribution in [3.05, 3.63) is 11.3 Å². The van der Waals surface area contributed by atoms with Crippen molar-refractivity contribution >= 4 is 33.1 Å². The van der Waals surface area contributed by atoms with Crippen molar-refractivity contribution in [1.82, 2.24) is 9.97 Å². The first kappa shape index (κ1) is 13.4. The number of nitrogen functional groups attached to an aromatic ring is 1. The van der Waals surface area contributed by atoms with Crippen molar-refractivity contribution in [2.24, 2.45) is 0 Å². The smallest absolute Gasteiger partial charge is 0.154 e. The predicted molar refractivity (Wildman–Crippen MR) is 71.5 cm³/mol. The molecule has 1 unspecified atom stereocenters. The lowest BCUT2D eigenvalue weighted by molar-refractivity contribution is 0.584. The first-order valence-corrected chi connectivity index (χ1v) is 7.73. The molecule has 0 saturated carbocycles. The molecule has 1 aromatic heterocycles. The van der Waals surface area contributed by atoms with Crippen LogP contribution < -0.4 is 10.6 Å². The maximum atomic E-state index is 11.8. The van der Waals surface area contributed by atoms with Gasteiger partial charge in [0, 0.05) is 13.1 Å². The monoisotopic (exact) mass is 290 g/mol. The van der Waals surface area contributed by atoms with E-state index in [9.17, 15) is 8.42 Å². The van der Waals surface area contributed by atoms with E-state index in [1.807, 2.05) is 4.90 Å². The van der Waals surface area contributed by atoms with Crippen LogP contribution in [0.15, 0.2) is 6.33 Å². The Kier molecular flexibility index (Phi) is 3.63. The van der Waals surface area contributed by atoms with Gasteiger partial charge in [-0.05, 0) is 13.3 Å². The summed E-state index contributed by atoms with van der Waals surface area (Å²) < 4.78 is 23.6. The average Bonchev–Trinajstić information content (AvgIpc) is 2.44. The fourth-order valence-corrected chi connectivity index (χ4v) is 3.43. The van der Waals surface area contributed by atoms with Gasteiger partial charge in [0.1, 0.15) is 17.2 Å². The second-order valence-corrected chi connectivity index (χ2v) is 7.27. The van der Waals surface area contributed by atoms with Crippen molar-refractivity contribution < 1.29 is 8.42 Å². The fraction of sp³-hybridized carbons (Fsp3) is 0.600. The van der Waals surface area contributed by atoms with E-state index in [4.69, 9.17) is 17.3 Å². The molecule has 0 spiro atoms. The summed E-state index contributed by atoms with van der Waals surface area (Å²) in [5, 5.41) is -0.0510. The summed E-state index contributed by atoms with van der Waals surface area (Å²) >= 11 is 6.05. The maximum Gasteiger partial charge on any atom is 0.154 e. The number of anilines is 2. The molecule has 2 rings (SSSR count). The van der Waals surface area contributed by atoms with Gasteiger partial charge in [-0.15, -0.1) is 0 Å². The molecule has 1 aliphatic rings. The molecular formula is C10H15ClN4O2S. The van der Waals surface area contributed by atoms with Gasteiger partial charge < -0.3 is 10.6 Å². The van der Waals surface area contributed by atoms with Gasteiger partial charge in [0.25, 0.3) is 0 Å². The third kappa shape index (κ3) is 2.51. The molecule has 1 atom stereocenters. The Morgan fingerprint density at radius 2 is 2.17 bits per heavy atom. The highest BCUT2D eigenvalue weighted by molar-refractivity contribution is 7.92. The van der Waals surface area contributed by atoms with E-state index in [1.165, 1.54) is 6.33 Å². The van der Waals surface area contributed by atoms with Crippen LogP contribution in [0.2, 0.25) is 5.02 Å². The molecule has 0 radical (unpaired) electrons. The third-order valence-electron chi connectivity index (χ3n) is 3.16. The molecule has 2 N–H and O–H groups in total. The lowest BCUT2D eigenvalue weighted by Gasteiger charge is -2.21. The van der Waals surface area contributed by atoms with Gasteiger partial charge in [-0.2, -0.15) is 0 Å². The van der Waals surface area contributed by atoms with Crippen LogP contribution in [0.25, 0.3) is 0 Å². The number of sulfone groups is 1. The molecular weight excluding hydrogens is 276 g/mol. The highest BCUT2D eigenvalue weighted by Gasteiger charge is 2.27. The summed E-state index contributed by atoms with van der Waals surface area (Å²) in [6, 6.07) is 0. The second kappa shape index (κ2) is 4.89. The Morgan fingerprint density at radius 1 is 1.44 bits per heavy atom. The van der Waals surface area contributed by atoms with Crippen LogP contribution in [-0.4, -0.2) is 42.5 Å². The maximum absolute atomic E-state index is 11.8. The second-order valence-electron chi connectivity index (χ2n) is 4.35. The minimum absolute atomic E-state index is 0.106. The molecule has 0 amide bonds. The summed E-state index contributed by atoms with van der Waals surface area (Å²) in [5.41, 5.74) is 5.62. The normalized spacial score (nSPS) is 23.7. The lowest BCUT2D eigenvalue weighted by atomic mass is 10.3. The Hall–Kier alpha value is -1.08. The molecule has 1 aromatic rings. The van der Waals surface area contributed by atoms with Crippen LogP contribution >= 0.6 is 11.6 Å². The number of hydrogen-bond acceptors (Lipinski definition) is 6. The molecule has 1 saturated heterocycles. The minimum atomic E-state index is -3.02. The Balaban J connectivity index is 2.28. The molecule has 18 heavy (non-hydrogen) atoms. The third-order valence-corrected chi connectivity index (χ3v) is 5.74. The molecule has 0 aliphatic carbocycles. The van der Waals surface area contributed by atoms with Crippen LogP contribution in [0, 0.1) is 0 Å². The zero-order valence-corrected chi connectivity index (χ0v) is 11.6. The number of nitrogens with zero attached hydrogens (tertiary/aromatic N) is 3. The van der Waals surface area contributed by atoms with E-state index in [0.717, 1.165) is 0 Å². The number of aromatic nitrogens is 2. The van der Waals surface area contributed by atoms with Gasteiger partial charge in [0.2, 0.25) is 0 Å². The highest BCUT2D eigenvalue weighted by atomic mass is 35.5. The Labute approximate surface area is 111 Å². The molecule has 0 aromatic carbocycles. The topological polar surface area (TPSA) is 89.2 Å². The molecule has 1 aliphatic heterocycles. The van der Waals surface area contributed by atoms with Crippen LogP contribution in [0.4, 0.5) is 11.6 Å². The highest BCUT2D eigenvalue weighted by Crippen LogP contribution is 2.28. The summed E-state index contributed by atoms with van der Waals surface area (Å²) in [5.74, 6) is 0.823. The number of halogens is 1. The van der Waals surface area contributed by atoms with Gasteiger partial charge in [-0.25, -0.2) is 18.4 Å². The Bertz CT molecular complexity index is 549. The van der Waals surface area contributed by atoms with E-state index in [0.29, 0.717) is 25.3 Å². The molecule has 8 heteroatoms. The van der Waals surface area contributed by atoms with E-state index < -0.39 is 9.84 Å². The van der Waals surface area contributed by atoms with Crippen LogP contribution in [0.1, 0.15) is 13.3 Å². The van der Waals surface area contributed by atoms with Crippen molar-refractivity contribution in [2.45, 2.75) is 18.6 Å². The van der Waals surface area contributed by atoms with Gasteiger partial charge in [0.05, 0.1) is 11.0 Å². The standard InChI is InChI=1S/C10H15ClN4O2S/c1-7-2-3-15(4-5-18(7,16)17)10-8(11)9(12)13-6-14-10/h6-7H,2-5H2,1H3,(H2,12,13,14). The van der Waals surface area contributed by atoms with Gasteiger partial charge >= 0.3 is 0 Å². The van der Waals surface area contributed by atoms with E-state index in [-0.39, 0.29) is 21.8 Å². The molecule has 6 nitrogen and oxygen atoms in total. The molecule has 1 fully saturated rings. The first-order chi connectivity index (χ1) is 8.42.